The largest absolute Gasteiger partial charge is 0.313 e. The highest BCUT2D eigenvalue weighted by atomic mass is 32.2. The van der Waals surface area contributed by atoms with Gasteiger partial charge in [0.05, 0.1) is 11.5 Å². The maximum atomic E-state index is 11.0. The average molecular weight is 163 g/mol. The zero-order chi connectivity index (χ0) is 7.61. The Kier molecular flexibility index (Phi) is 2.31. The molecule has 0 unspecified atom stereocenters. The number of hydrogen-bond acceptors (Lipinski definition) is 3. The molecule has 1 fully saturated rings. The standard InChI is InChI=1S/C6H13NO2S/c1-6-2-4-10(8,9)5-3-7-6/h6-7H,2-5H2,1H3/t6-/m1/s1. The van der Waals surface area contributed by atoms with E-state index in [0.29, 0.717) is 24.1 Å². The fourth-order valence-electron chi connectivity index (χ4n) is 1.02. The van der Waals surface area contributed by atoms with Gasteiger partial charge in [-0.2, -0.15) is 0 Å². The van der Waals surface area contributed by atoms with Gasteiger partial charge in [0, 0.05) is 12.6 Å². The van der Waals surface area contributed by atoms with Crippen LogP contribution in [0.15, 0.2) is 0 Å². The van der Waals surface area contributed by atoms with Crippen LogP contribution >= 0.6 is 0 Å². The Morgan fingerprint density at radius 1 is 1.40 bits per heavy atom. The van der Waals surface area contributed by atoms with E-state index in [0.717, 1.165) is 6.42 Å². The number of nitrogens with one attached hydrogen (secondary N) is 1. The molecule has 3 nitrogen and oxygen atoms in total. The monoisotopic (exact) mass is 163 g/mol. The molecular formula is C6H13NO2S. The van der Waals surface area contributed by atoms with Crippen LogP contribution in [0.5, 0.6) is 0 Å². The zero-order valence-corrected chi connectivity index (χ0v) is 6.95. The first kappa shape index (κ1) is 8.01. The Morgan fingerprint density at radius 2 is 2.10 bits per heavy atom. The summed E-state index contributed by atoms with van der Waals surface area (Å²) in [5.74, 6) is 0.651. The van der Waals surface area contributed by atoms with Gasteiger partial charge in [0.15, 0.2) is 9.84 Å². The minimum absolute atomic E-state index is 0.303. The van der Waals surface area contributed by atoms with Crippen molar-refractivity contribution in [1.82, 2.24) is 5.32 Å². The number of hydrogen-bond donors (Lipinski definition) is 1. The van der Waals surface area contributed by atoms with E-state index in [9.17, 15) is 8.42 Å². The summed E-state index contributed by atoms with van der Waals surface area (Å²) in [5.41, 5.74) is 0. The van der Waals surface area contributed by atoms with E-state index in [1.54, 1.807) is 0 Å². The number of sulfone groups is 1. The number of rotatable bonds is 0. The molecule has 1 aliphatic rings. The third kappa shape index (κ3) is 2.27. The van der Waals surface area contributed by atoms with Gasteiger partial charge in [0.2, 0.25) is 0 Å². The summed E-state index contributed by atoms with van der Waals surface area (Å²) in [6.07, 6.45) is 0.752. The third-order valence-electron chi connectivity index (χ3n) is 1.77. The second kappa shape index (κ2) is 2.88. The van der Waals surface area contributed by atoms with E-state index in [4.69, 9.17) is 0 Å². The van der Waals surface area contributed by atoms with Gasteiger partial charge in [-0.1, -0.05) is 0 Å². The van der Waals surface area contributed by atoms with Gasteiger partial charge in [-0.05, 0) is 13.3 Å². The molecule has 1 N–H and O–H groups in total. The smallest absolute Gasteiger partial charge is 0.151 e. The maximum Gasteiger partial charge on any atom is 0.151 e. The van der Waals surface area contributed by atoms with Crippen LogP contribution in [-0.2, 0) is 9.84 Å². The van der Waals surface area contributed by atoms with Crippen molar-refractivity contribution in [3.05, 3.63) is 0 Å². The molecule has 10 heavy (non-hydrogen) atoms. The predicted octanol–water partition coefficient (Wildman–Crippen LogP) is -0.217. The van der Waals surface area contributed by atoms with Crippen LogP contribution in [0.25, 0.3) is 0 Å². The molecule has 0 aromatic rings. The highest BCUT2D eigenvalue weighted by Crippen LogP contribution is 2.01. The maximum absolute atomic E-state index is 11.0. The molecule has 0 radical (unpaired) electrons. The first-order valence-electron chi connectivity index (χ1n) is 3.54. The molecule has 1 saturated heterocycles. The molecule has 1 rings (SSSR count). The molecule has 0 spiro atoms. The second-order valence-electron chi connectivity index (χ2n) is 2.80. The quantitative estimate of drug-likeness (QED) is 0.537. The lowest BCUT2D eigenvalue weighted by Crippen LogP contribution is -2.26. The minimum atomic E-state index is -2.71. The highest BCUT2D eigenvalue weighted by Gasteiger charge is 2.16. The molecule has 4 heteroatoms. The van der Waals surface area contributed by atoms with Crippen molar-refractivity contribution in [2.24, 2.45) is 0 Å². The lowest BCUT2D eigenvalue weighted by molar-refractivity contribution is 0.566. The van der Waals surface area contributed by atoms with Gasteiger partial charge in [-0.25, -0.2) is 8.42 Å². The molecular weight excluding hydrogens is 150 g/mol. The van der Waals surface area contributed by atoms with Crippen molar-refractivity contribution in [2.45, 2.75) is 19.4 Å². The van der Waals surface area contributed by atoms with Gasteiger partial charge in [-0.15, -0.1) is 0 Å². The zero-order valence-electron chi connectivity index (χ0n) is 6.13. The van der Waals surface area contributed by atoms with Crippen LogP contribution in [0.2, 0.25) is 0 Å². The van der Waals surface area contributed by atoms with Crippen LogP contribution in [0.1, 0.15) is 13.3 Å². The highest BCUT2D eigenvalue weighted by molar-refractivity contribution is 7.91. The second-order valence-corrected chi connectivity index (χ2v) is 5.10. The average Bonchev–Trinajstić information content (AvgIpc) is 1.94. The van der Waals surface area contributed by atoms with Crippen LogP contribution in [0.3, 0.4) is 0 Å². The van der Waals surface area contributed by atoms with Crippen molar-refractivity contribution in [1.29, 1.82) is 0 Å². The predicted molar refractivity (Wildman–Crippen MR) is 40.7 cm³/mol. The molecule has 0 amide bonds. The third-order valence-corrected chi connectivity index (χ3v) is 3.45. The van der Waals surface area contributed by atoms with Crippen LogP contribution in [0, 0.1) is 0 Å². The van der Waals surface area contributed by atoms with Gasteiger partial charge >= 0.3 is 0 Å². The Balaban J connectivity index is 2.58. The van der Waals surface area contributed by atoms with Crippen molar-refractivity contribution >= 4 is 9.84 Å². The van der Waals surface area contributed by atoms with E-state index >= 15 is 0 Å². The van der Waals surface area contributed by atoms with Crippen LogP contribution in [0.4, 0.5) is 0 Å². The summed E-state index contributed by atoms with van der Waals surface area (Å²) in [5, 5.41) is 3.12. The summed E-state index contributed by atoms with van der Waals surface area (Å²) >= 11 is 0. The minimum Gasteiger partial charge on any atom is -0.313 e. The summed E-state index contributed by atoms with van der Waals surface area (Å²) < 4.78 is 22.0. The molecule has 0 aromatic carbocycles. The lowest BCUT2D eigenvalue weighted by Gasteiger charge is -2.05. The van der Waals surface area contributed by atoms with Crippen molar-refractivity contribution < 1.29 is 8.42 Å². The van der Waals surface area contributed by atoms with Crippen molar-refractivity contribution in [3.8, 4) is 0 Å². The van der Waals surface area contributed by atoms with E-state index in [1.807, 2.05) is 6.92 Å². The SMILES string of the molecule is C[C@@H]1CCS(=O)(=O)CCN1. The molecule has 1 heterocycles. The molecule has 1 atom stereocenters. The summed E-state index contributed by atoms with van der Waals surface area (Å²) in [7, 11) is -2.71. The summed E-state index contributed by atoms with van der Waals surface area (Å²) in [4.78, 5) is 0. The fraction of sp³-hybridized carbons (Fsp3) is 1.00. The van der Waals surface area contributed by atoms with E-state index in [-0.39, 0.29) is 0 Å². The molecule has 60 valence electrons. The van der Waals surface area contributed by atoms with Crippen LogP contribution in [-0.4, -0.2) is 32.5 Å². The Bertz CT molecular complexity index is 198. The van der Waals surface area contributed by atoms with Gasteiger partial charge in [0.25, 0.3) is 0 Å². The Labute approximate surface area is 61.7 Å². The normalized spacial score (nSPS) is 33.1. The Hall–Kier alpha value is -0.0900. The van der Waals surface area contributed by atoms with Gasteiger partial charge in [-0.3, -0.25) is 0 Å². The van der Waals surface area contributed by atoms with E-state index in [1.165, 1.54) is 0 Å². The first-order valence-corrected chi connectivity index (χ1v) is 5.36. The topological polar surface area (TPSA) is 46.2 Å². The molecule has 0 saturated carbocycles. The van der Waals surface area contributed by atoms with E-state index < -0.39 is 9.84 Å². The molecule has 0 aromatic heterocycles. The van der Waals surface area contributed by atoms with Gasteiger partial charge in [0.1, 0.15) is 0 Å². The molecule has 1 aliphatic heterocycles. The molecule has 0 aliphatic carbocycles. The van der Waals surface area contributed by atoms with E-state index in [2.05, 4.69) is 5.32 Å². The summed E-state index contributed by atoms with van der Waals surface area (Å²) in [6, 6.07) is 0.359. The lowest BCUT2D eigenvalue weighted by atomic mass is 10.3. The van der Waals surface area contributed by atoms with Crippen molar-refractivity contribution in [3.63, 3.8) is 0 Å². The Morgan fingerprint density at radius 3 is 2.80 bits per heavy atom. The van der Waals surface area contributed by atoms with Crippen LogP contribution < -0.4 is 5.32 Å². The van der Waals surface area contributed by atoms with Crippen molar-refractivity contribution in [2.75, 3.05) is 18.1 Å². The fourth-order valence-corrected chi connectivity index (χ4v) is 2.37. The summed E-state index contributed by atoms with van der Waals surface area (Å²) in [6.45, 7) is 2.63. The molecule has 0 bridgehead atoms. The first-order chi connectivity index (χ1) is 4.60. The van der Waals surface area contributed by atoms with Gasteiger partial charge < -0.3 is 5.32 Å².